The van der Waals surface area contributed by atoms with Gasteiger partial charge in [0.05, 0.1) is 18.5 Å². The first kappa shape index (κ1) is 24.4. The second kappa shape index (κ2) is 8.11. The molecule has 0 amide bonds. The number of carbonyl (C=O) groups is 1. The van der Waals surface area contributed by atoms with E-state index in [2.05, 4.69) is 0 Å². The van der Waals surface area contributed by atoms with Crippen molar-refractivity contribution in [1.29, 1.82) is 0 Å². The van der Waals surface area contributed by atoms with Crippen molar-refractivity contribution in [2.24, 2.45) is 7.05 Å². The van der Waals surface area contributed by atoms with Gasteiger partial charge in [0, 0.05) is 25.0 Å². The predicted octanol–water partition coefficient (Wildman–Crippen LogP) is 4.72. The molecule has 0 saturated heterocycles. The number of esters is 1. The van der Waals surface area contributed by atoms with Crippen LogP contribution in [0, 0.1) is 18.6 Å². The highest BCUT2D eigenvalue weighted by molar-refractivity contribution is 5.87. The number of benzene rings is 1. The molecule has 36 heavy (non-hydrogen) atoms. The van der Waals surface area contributed by atoms with Crippen LogP contribution in [0.15, 0.2) is 36.9 Å². The molecule has 0 bridgehead atoms. The number of hydrogen-bond donors (Lipinski definition) is 0. The van der Waals surface area contributed by atoms with E-state index in [1.165, 1.54) is 0 Å². The number of ether oxygens (including phenoxy) is 1. The number of cyclic esters (lactones) is 1. The summed E-state index contributed by atoms with van der Waals surface area (Å²) in [5, 5.41) is 0. The summed E-state index contributed by atoms with van der Waals surface area (Å²) < 4.78 is 83.0. The Bertz CT molecular complexity index is 1390. The van der Waals surface area contributed by atoms with Gasteiger partial charge in [-0.15, -0.1) is 0 Å². The van der Waals surface area contributed by atoms with Crippen molar-refractivity contribution in [3.05, 3.63) is 70.9 Å². The Morgan fingerprint density at radius 1 is 1.19 bits per heavy atom. The van der Waals surface area contributed by atoms with Crippen LogP contribution in [-0.4, -0.2) is 16.6 Å². The molecule has 2 atom stereocenters. The smallest absolute Gasteiger partial charge is 0.422 e. The molecule has 5 rings (SSSR count). The van der Waals surface area contributed by atoms with E-state index in [0.717, 1.165) is 11.6 Å². The Balaban J connectivity index is 1.83. The van der Waals surface area contributed by atoms with Gasteiger partial charge in [-0.3, -0.25) is 0 Å². The van der Waals surface area contributed by atoms with Crippen molar-refractivity contribution in [2.75, 3.05) is 0 Å². The maximum absolute atomic E-state index is 15.8. The summed E-state index contributed by atoms with van der Waals surface area (Å²) in [6.07, 6.45) is -0.0583. The van der Waals surface area contributed by atoms with Crippen LogP contribution in [0.3, 0.4) is 0 Å². The zero-order chi connectivity index (χ0) is 26.2. The van der Waals surface area contributed by atoms with Gasteiger partial charge in [0.15, 0.2) is 23.7 Å². The van der Waals surface area contributed by atoms with Gasteiger partial charge in [0.1, 0.15) is 24.1 Å². The highest BCUT2D eigenvalue weighted by atomic mass is 19.4. The number of aryl methyl sites for hydroxylation is 2. The van der Waals surface area contributed by atoms with Crippen molar-refractivity contribution >= 4 is 5.97 Å². The Morgan fingerprint density at radius 3 is 2.53 bits per heavy atom. The number of aromatic nitrogens is 3. The Morgan fingerprint density at radius 2 is 1.89 bits per heavy atom. The third kappa shape index (κ3) is 3.37. The average Bonchev–Trinajstić information content (AvgIpc) is 3.17. The number of imidazole rings is 1. The molecule has 5 nitrogen and oxygen atoms in total. The maximum atomic E-state index is 15.8. The van der Waals surface area contributed by atoms with Crippen LogP contribution in [0.5, 0.6) is 0 Å². The summed E-state index contributed by atoms with van der Waals surface area (Å²) in [6.45, 7) is 5.79. The van der Waals surface area contributed by atoms with Gasteiger partial charge in [-0.05, 0) is 24.1 Å². The van der Waals surface area contributed by atoms with Gasteiger partial charge in [-0.2, -0.15) is 17.7 Å². The first-order valence-electron chi connectivity index (χ1n) is 11.8. The topological polar surface area (TPSA) is 39.0 Å². The zero-order valence-electron chi connectivity index (χ0n) is 20.3. The second-order valence-electron chi connectivity index (χ2n) is 9.65. The van der Waals surface area contributed by atoms with Crippen molar-refractivity contribution in [2.45, 2.75) is 63.9 Å². The Kier molecular flexibility index (Phi) is 5.50. The summed E-state index contributed by atoms with van der Waals surface area (Å²) in [5.74, 6) is -4.74. The number of nitrogens with zero attached hydrogens (tertiary/aromatic N) is 3. The van der Waals surface area contributed by atoms with E-state index in [-0.39, 0.29) is 23.4 Å². The van der Waals surface area contributed by atoms with Gasteiger partial charge in [-0.25, -0.2) is 22.7 Å². The van der Waals surface area contributed by atoms with Gasteiger partial charge in [0.25, 0.3) is 5.69 Å². The first-order valence-corrected chi connectivity index (χ1v) is 11.8. The van der Waals surface area contributed by atoms with E-state index < -0.39 is 46.9 Å². The Hall–Kier alpha value is -3.30. The molecule has 190 valence electrons. The summed E-state index contributed by atoms with van der Waals surface area (Å²) in [7, 11) is 1.75. The molecule has 0 N–H and O–H groups in total. The number of pyridine rings is 1. The van der Waals surface area contributed by atoms with Crippen LogP contribution < -0.4 is 9.13 Å². The number of fused-ring (bicyclic) bond motifs is 4. The molecule has 1 aromatic carbocycles. The fourth-order valence-corrected chi connectivity index (χ4v) is 6.11. The van der Waals surface area contributed by atoms with Crippen LogP contribution in [0.1, 0.15) is 59.8 Å². The van der Waals surface area contributed by atoms with Crippen molar-refractivity contribution in [3.63, 3.8) is 0 Å². The zero-order valence-corrected chi connectivity index (χ0v) is 20.3. The number of hydrogen-bond acceptors (Lipinski definition) is 2. The molecule has 2 unspecified atom stereocenters. The molecule has 0 radical (unpaired) electrons. The van der Waals surface area contributed by atoms with Crippen LogP contribution >= 0.6 is 0 Å². The lowest BCUT2D eigenvalue weighted by atomic mass is 9.67. The molecule has 0 spiro atoms. The molecule has 2 aliphatic rings. The summed E-state index contributed by atoms with van der Waals surface area (Å²) in [5.41, 5.74) is -1.68. The van der Waals surface area contributed by atoms with Gasteiger partial charge < -0.3 is 4.74 Å². The fraction of sp³-hybridized carbons (Fsp3) is 0.423. The highest BCUT2D eigenvalue weighted by Crippen LogP contribution is 2.51. The number of alkyl halides is 3. The lowest BCUT2D eigenvalue weighted by Crippen LogP contribution is -2.65. The minimum Gasteiger partial charge on any atom is -0.451 e. The van der Waals surface area contributed by atoms with Crippen LogP contribution in [-0.2, 0) is 30.0 Å². The molecule has 10 heteroatoms. The predicted molar refractivity (Wildman–Crippen MR) is 118 cm³/mol. The van der Waals surface area contributed by atoms with E-state index in [9.17, 15) is 18.0 Å². The van der Waals surface area contributed by atoms with E-state index in [1.807, 2.05) is 13.8 Å². The second-order valence-corrected chi connectivity index (χ2v) is 9.65. The molecule has 2 aliphatic heterocycles. The maximum Gasteiger partial charge on any atom is 0.422 e. The van der Waals surface area contributed by atoms with E-state index in [4.69, 9.17) is 4.74 Å². The van der Waals surface area contributed by atoms with Crippen molar-refractivity contribution in [3.8, 4) is 11.3 Å². The third-order valence-corrected chi connectivity index (χ3v) is 7.69. The summed E-state index contributed by atoms with van der Waals surface area (Å²) >= 11 is 0. The minimum absolute atomic E-state index is 0.0741. The van der Waals surface area contributed by atoms with Crippen LogP contribution in [0.25, 0.3) is 11.3 Å². The molecule has 0 saturated carbocycles. The average molecular weight is 508 g/mol. The molecule has 4 heterocycles. The van der Waals surface area contributed by atoms with Crippen LogP contribution in [0.2, 0.25) is 0 Å². The molecular formula is C26H26F5N3O2+2. The highest BCUT2D eigenvalue weighted by Gasteiger charge is 2.58. The lowest BCUT2D eigenvalue weighted by molar-refractivity contribution is -0.764. The molecular weight excluding hydrogens is 481 g/mol. The fourth-order valence-electron chi connectivity index (χ4n) is 6.11. The van der Waals surface area contributed by atoms with Crippen molar-refractivity contribution in [1.82, 2.24) is 4.57 Å². The quantitative estimate of drug-likeness (QED) is 0.292. The van der Waals surface area contributed by atoms with Crippen molar-refractivity contribution < 1.29 is 40.6 Å². The number of rotatable bonds is 3. The van der Waals surface area contributed by atoms with Gasteiger partial charge in [0.2, 0.25) is 12.0 Å². The normalized spacial score (nSPS) is 20.4. The molecule has 0 fully saturated rings. The number of halogens is 5. The summed E-state index contributed by atoms with van der Waals surface area (Å²) in [6, 6.07) is 4.21. The van der Waals surface area contributed by atoms with E-state index in [0.29, 0.717) is 18.5 Å². The third-order valence-electron chi connectivity index (χ3n) is 7.69. The monoisotopic (exact) mass is 507 g/mol. The van der Waals surface area contributed by atoms with Gasteiger partial charge >= 0.3 is 12.1 Å². The largest absolute Gasteiger partial charge is 0.451 e. The lowest BCUT2D eigenvalue weighted by Gasteiger charge is -2.43. The van der Waals surface area contributed by atoms with E-state index in [1.54, 1.807) is 58.5 Å². The van der Waals surface area contributed by atoms with Gasteiger partial charge in [-0.1, -0.05) is 13.8 Å². The minimum atomic E-state index is -5.22. The number of carbonyl (C=O) groups excluding carboxylic acids is 1. The molecule has 2 aromatic heterocycles. The Labute approximate surface area is 204 Å². The molecule has 0 aliphatic carbocycles. The summed E-state index contributed by atoms with van der Waals surface area (Å²) in [4.78, 5) is 12.9. The van der Waals surface area contributed by atoms with E-state index >= 15 is 8.78 Å². The SMILES string of the molecule is CCC1(CC)C(C2Cn3c[n+](C)cc3C(=O)O2)c2cc(F)c(C(F)(F)F)c(F)c2-c2cc(C)cc[n+]21. The first-order chi connectivity index (χ1) is 16.9. The van der Waals surface area contributed by atoms with Crippen LogP contribution in [0.4, 0.5) is 22.0 Å². The standard InChI is InChI=1S/C26H26F5N3O2/c1-5-25(6-2)21(19-12-33-13-32(4)11-18(33)24(35)36-19)15-10-16(27)22(26(29,30)31)23(28)20(15)17-9-14(3)7-8-34(17)25/h7-11,13,19,21H,5-6,12H2,1-4H3/q+2. The molecule has 3 aromatic rings.